The Labute approximate surface area is 130 Å². The smallest absolute Gasteiger partial charge is 0.311 e. The van der Waals surface area contributed by atoms with Crippen molar-refractivity contribution >= 4 is 17.6 Å². The molecule has 0 radical (unpaired) electrons. The van der Waals surface area contributed by atoms with Gasteiger partial charge in [-0.3, -0.25) is 9.59 Å². The summed E-state index contributed by atoms with van der Waals surface area (Å²) in [6, 6.07) is 9.22. The maximum absolute atomic E-state index is 12.1. The van der Waals surface area contributed by atoms with E-state index in [1.807, 2.05) is 30.3 Å². The number of piperidine rings is 1. The summed E-state index contributed by atoms with van der Waals surface area (Å²) in [6.07, 6.45) is 0.750. The maximum atomic E-state index is 12.1. The second-order valence-corrected chi connectivity index (χ2v) is 5.28. The molecule has 0 aliphatic carbocycles. The van der Waals surface area contributed by atoms with Crippen LogP contribution in [0, 0.1) is 5.92 Å². The Bertz CT molecular complexity index is 507. The molecule has 1 saturated heterocycles. The highest BCUT2D eigenvalue weighted by atomic mass is 16.5. The fourth-order valence-electron chi connectivity index (χ4n) is 2.60. The molecule has 0 saturated carbocycles. The van der Waals surface area contributed by atoms with E-state index in [9.17, 15) is 9.59 Å². The van der Waals surface area contributed by atoms with Crippen molar-refractivity contribution < 1.29 is 14.3 Å². The second-order valence-electron chi connectivity index (χ2n) is 5.28. The number of para-hydroxylation sites is 1. The lowest BCUT2D eigenvalue weighted by molar-refractivity contribution is -0.149. The predicted octanol–water partition coefficient (Wildman–Crippen LogP) is 1.09. The molecular formula is C16H23N3O3. The lowest BCUT2D eigenvalue weighted by Crippen LogP contribution is -2.57. The first-order chi connectivity index (χ1) is 10.6. The zero-order valence-corrected chi connectivity index (χ0v) is 13.0. The van der Waals surface area contributed by atoms with Gasteiger partial charge in [-0.05, 0) is 32.0 Å². The van der Waals surface area contributed by atoms with Gasteiger partial charge in [0.25, 0.3) is 0 Å². The Morgan fingerprint density at radius 2 is 2.09 bits per heavy atom. The number of nitrogens with one attached hydrogen (secondary N) is 2. The van der Waals surface area contributed by atoms with Crippen LogP contribution < -0.4 is 15.8 Å². The van der Waals surface area contributed by atoms with Crippen molar-refractivity contribution in [3.63, 3.8) is 0 Å². The van der Waals surface area contributed by atoms with E-state index in [4.69, 9.17) is 4.74 Å². The molecule has 6 nitrogen and oxygen atoms in total. The van der Waals surface area contributed by atoms with Crippen LogP contribution in [0.4, 0.5) is 5.69 Å². The molecule has 6 heteroatoms. The number of amides is 1. The molecule has 1 fully saturated rings. The largest absolute Gasteiger partial charge is 0.466 e. The van der Waals surface area contributed by atoms with Crippen molar-refractivity contribution in [1.82, 2.24) is 10.7 Å². The summed E-state index contributed by atoms with van der Waals surface area (Å²) in [4.78, 5) is 24.0. The van der Waals surface area contributed by atoms with Gasteiger partial charge in [0.15, 0.2) is 0 Å². The summed E-state index contributed by atoms with van der Waals surface area (Å²) >= 11 is 0. The van der Waals surface area contributed by atoms with Crippen LogP contribution in [-0.2, 0) is 14.3 Å². The number of hydrogen-bond acceptors (Lipinski definition) is 5. The Morgan fingerprint density at radius 1 is 1.36 bits per heavy atom. The summed E-state index contributed by atoms with van der Waals surface area (Å²) in [6.45, 7) is 5.01. The number of benzene rings is 1. The molecule has 120 valence electrons. The third-order valence-corrected chi connectivity index (χ3v) is 3.70. The predicted molar refractivity (Wildman–Crippen MR) is 84.1 cm³/mol. The monoisotopic (exact) mass is 305 g/mol. The van der Waals surface area contributed by atoms with Gasteiger partial charge in [-0.1, -0.05) is 18.2 Å². The van der Waals surface area contributed by atoms with E-state index in [0.29, 0.717) is 13.2 Å². The molecule has 22 heavy (non-hydrogen) atoms. The number of hydrazine groups is 1. The van der Waals surface area contributed by atoms with Gasteiger partial charge in [-0.2, -0.15) is 0 Å². The molecule has 1 aliphatic heterocycles. The van der Waals surface area contributed by atoms with Gasteiger partial charge >= 0.3 is 5.97 Å². The Kier molecular flexibility index (Phi) is 5.91. The van der Waals surface area contributed by atoms with Gasteiger partial charge in [-0.25, -0.2) is 10.4 Å². The number of rotatable bonds is 5. The molecule has 0 aromatic heterocycles. The highest BCUT2D eigenvalue weighted by Gasteiger charge is 2.33. The Hall–Kier alpha value is -1.92. The molecule has 1 aliphatic rings. The van der Waals surface area contributed by atoms with Gasteiger partial charge < -0.3 is 10.1 Å². The minimum Gasteiger partial charge on any atom is -0.466 e. The van der Waals surface area contributed by atoms with Crippen LogP contribution in [-0.4, -0.2) is 37.6 Å². The van der Waals surface area contributed by atoms with Crippen molar-refractivity contribution in [3.05, 3.63) is 30.3 Å². The van der Waals surface area contributed by atoms with Crippen molar-refractivity contribution in [2.24, 2.45) is 5.92 Å². The number of nitrogens with zero attached hydrogens (tertiary/aromatic N) is 1. The number of carbonyl (C=O) groups excluding carboxylic acids is 2. The summed E-state index contributed by atoms with van der Waals surface area (Å²) < 4.78 is 5.14. The molecule has 1 heterocycles. The average Bonchev–Trinajstić information content (AvgIpc) is 2.53. The topological polar surface area (TPSA) is 70.7 Å². The maximum Gasteiger partial charge on any atom is 0.311 e. The van der Waals surface area contributed by atoms with E-state index < -0.39 is 0 Å². The normalized spacial score (nSPS) is 21.2. The first kappa shape index (κ1) is 16.5. The van der Waals surface area contributed by atoms with Crippen molar-refractivity contribution in [3.8, 4) is 0 Å². The summed E-state index contributed by atoms with van der Waals surface area (Å²) in [7, 11) is 0. The number of esters is 1. The first-order valence-electron chi connectivity index (χ1n) is 7.62. The third kappa shape index (κ3) is 4.05. The van der Waals surface area contributed by atoms with Crippen LogP contribution in [0.15, 0.2) is 30.3 Å². The summed E-state index contributed by atoms with van der Waals surface area (Å²) in [5, 5.41) is 4.70. The highest BCUT2D eigenvalue weighted by molar-refractivity contribution is 5.90. The standard InChI is InChI=1S/C16H23N3O3/c1-3-22-16(21)14-11-17-10-9-15(14)18-19(12(2)20)13-7-5-4-6-8-13/h4-8,14-15,17-18H,3,9-11H2,1-2H3/t14-,15+/m0/s1. The van der Waals surface area contributed by atoms with E-state index in [1.165, 1.54) is 11.9 Å². The van der Waals surface area contributed by atoms with Crippen LogP contribution in [0.25, 0.3) is 0 Å². The Morgan fingerprint density at radius 3 is 2.73 bits per heavy atom. The van der Waals surface area contributed by atoms with Gasteiger partial charge in [-0.15, -0.1) is 0 Å². The molecule has 0 unspecified atom stereocenters. The Balaban J connectivity index is 2.13. The van der Waals surface area contributed by atoms with E-state index in [-0.39, 0.29) is 23.8 Å². The lowest BCUT2D eigenvalue weighted by Gasteiger charge is -2.35. The minimum atomic E-state index is -0.306. The van der Waals surface area contributed by atoms with Crippen LogP contribution in [0.5, 0.6) is 0 Å². The molecule has 2 atom stereocenters. The molecular weight excluding hydrogens is 282 g/mol. The van der Waals surface area contributed by atoms with Crippen molar-refractivity contribution in [1.29, 1.82) is 0 Å². The molecule has 0 spiro atoms. The minimum absolute atomic E-state index is 0.118. The second kappa shape index (κ2) is 7.91. The van der Waals surface area contributed by atoms with Gasteiger partial charge in [0.1, 0.15) is 0 Å². The van der Waals surface area contributed by atoms with E-state index in [2.05, 4.69) is 10.7 Å². The fraction of sp³-hybridized carbons (Fsp3) is 0.500. The molecule has 2 N–H and O–H groups in total. The van der Waals surface area contributed by atoms with E-state index in [0.717, 1.165) is 18.7 Å². The molecule has 1 amide bonds. The fourth-order valence-corrected chi connectivity index (χ4v) is 2.60. The zero-order valence-electron chi connectivity index (χ0n) is 13.0. The van der Waals surface area contributed by atoms with Gasteiger partial charge in [0.05, 0.1) is 18.2 Å². The number of carbonyl (C=O) groups is 2. The van der Waals surface area contributed by atoms with Crippen LogP contribution in [0.3, 0.4) is 0 Å². The molecule has 0 bridgehead atoms. The third-order valence-electron chi connectivity index (χ3n) is 3.70. The highest BCUT2D eigenvalue weighted by Crippen LogP contribution is 2.17. The molecule has 1 aromatic rings. The molecule has 1 aromatic carbocycles. The summed E-state index contributed by atoms with van der Waals surface area (Å²) in [5.74, 6) is -0.657. The van der Waals surface area contributed by atoms with Gasteiger partial charge in [0.2, 0.25) is 5.91 Å². The molecule has 2 rings (SSSR count). The number of ether oxygens (including phenoxy) is 1. The van der Waals surface area contributed by atoms with Crippen molar-refractivity contribution in [2.45, 2.75) is 26.3 Å². The number of hydrogen-bond donors (Lipinski definition) is 2. The quantitative estimate of drug-likeness (QED) is 0.629. The van der Waals surface area contributed by atoms with Crippen LogP contribution in [0.1, 0.15) is 20.3 Å². The average molecular weight is 305 g/mol. The van der Waals surface area contributed by atoms with Crippen LogP contribution >= 0.6 is 0 Å². The first-order valence-corrected chi connectivity index (χ1v) is 7.62. The SMILES string of the molecule is CCOC(=O)[C@H]1CNCC[C@H]1NN(C(C)=O)c1ccccc1. The lowest BCUT2D eigenvalue weighted by atomic mass is 9.94. The summed E-state index contributed by atoms with van der Waals surface area (Å²) in [5.41, 5.74) is 3.96. The van der Waals surface area contributed by atoms with E-state index in [1.54, 1.807) is 6.92 Å². The number of anilines is 1. The van der Waals surface area contributed by atoms with E-state index >= 15 is 0 Å². The van der Waals surface area contributed by atoms with Crippen LogP contribution in [0.2, 0.25) is 0 Å². The zero-order chi connectivity index (χ0) is 15.9. The van der Waals surface area contributed by atoms with Crippen molar-refractivity contribution in [2.75, 3.05) is 24.7 Å². The van der Waals surface area contributed by atoms with Gasteiger partial charge in [0, 0.05) is 19.5 Å².